The molecule has 0 spiro atoms. The maximum absolute atomic E-state index is 12.5. The number of aliphatic imine (C=N–C) groups is 2. The molecule has 0 heterocycles. The number of halogens is 1. The van der Waals surface area contributed by atoms with Crippen LogP contribution in [0.4, 0.5) is 0 Å². The van der Waals surface area contributed by atoms with Crippen molar-refractivity contribution in [3.63, 3.8) is 0 Å². The summed E-state index contributed by atoms with van der Waals surface area (Å²) in [5.41, 5.74) is 15.0. The number of nitrogens with zero attached hydrogens (tertiary/aromatic N) is 3. The molecule has 0 saturated heterocycles. The SMILES string of the molecule is Oc1c(C=N[C@@H]2CCCC[C@H]2N=Cc2cc3ccccc3c(-c3c(-c4ccccc4)ccc4ccccc34)c2O)cc2ccccc2c1-c1c(-c2ccccc2)ccc2ccccc12.[Cl][Ru+].[N-]=O. The minimum atomic E-state index is -0.0958. The average Bonchev–Trinajstić information content (AvgIpc) is 3.41. The number of nitroso groups, excluding NO2 is 1. The van der Waals surface area contributed by atoms with Gasteiger partial charge < -0.3 is 20.7 Å². The third kappa shape index (κ3) is 8.96. The molecule has 2 N–H and O–H groups in total. The molecule has 8 heteroatoms. The summed E-state index contributed by atoms with van der Waals surface area (Å²) < 4.78 is 0. The summed E-state index contributed by atoms with van der Waals surface area (Å²) in [6, 6.07) is 66.9. The number of hydrogen-bond acceptors (Lipinski definition) is 5. The van der Waals surface area contributed by atoms with Gasteiger partial charge in [-0.05, 0) is 90.3 Å². The summed E-state index contributed by atoms with van der Waals surface area (Å²) in [6.45, 7) is 0. The molecule has 1 aliphatic carbocycles. The molecular weight excluding hydrogens is 947 g/mol. The molecule has 68 heavy (non-hydrogen) atoms. The van der Waals surface area contributed by atoms with Gasteiger partial charge in [-0.25, -0.2) is 0 Å². The van der Waals surface area contributed by atoms with E-state index < -0.39 is 0 Å². The molecule has 1 aliphatic rings. The fraction of sp³-hybridized carbons (Fsp3) is 0.100. The number of benzene rings is 10. The second kappa shape index (κ2) is 21.1. The minimum absolute atomic E-state index is 0.0958. The van der Waals surface area contributed by atoms with Crippen LogP contribution in [-0.2, 0) is 17.3 Å². The Bertz CT molecular complexity index is 3240. The van der Waals surface area contributed by atoms with E-state index in [0.29, 0.717) is 11.1 Å². The zero-order valence-corrected chi connectivity index (χ0v) is 39.5. The Morgan fingerprint density at radius 1 is 0.426 bits per heavy atom. The maximum atomic E-state index is 12.5. The zero-order valence-electron chi connectivity index (χ0n) is 37.0. The van der Waals surface area contributed by atoms with E-state index >= 15 is 0 Å². The van der Waals surface area contributed by atoms with Crippen LogP contribution >= 0.6 is 9.69 Å². The van der Waals surface area contributed by atoms with Crippen molar-refractivity contribution in [1.82, 2.24) is 0 Å². The van der Waals surface area contributed by atoms with E-state index in [-0.39, 0.29) is 23.6 Å². The van der Waals surface area contributed by atoms with Crippen molar-refractivity contribution in [3.8, 4) is 56.0 Å². The van der Waals surface area contributed by atoms with E-state index in [1.165, 1.54) is 0 Å². The van der Waals surface area contributed by atoms with Crippen LogP contribution in [0.3, 0.4) is 0 Å². The van der Waals surface area contributed by atoms with Crippen LogP contribution in [0.1, 0.15) is 36.8 Å². The van der Waals surface area contributed by atoms with Gasteiger partial charge >= 0.3 is 27.0 Å². The fourth-order valence-electron chi connectivity index (χ4n) is 10.0. The first-order chi connectivity index (χ1) is 33.6. The summed E-state index contributed by atoms with van der Waals surface area (Å²) in [7, 11) is 4.57. The number of phenols is 2. The van der Waals surface area contributed by atoms with Gasteiger partial charge in [0.2, 0.25) is 0 Å². The van der Waals surface area contributed by atoms with Crippen LogP contribution in [0.15, 0.2) is 204 Å². The van der Waals surface area contributed by atoms with E-state index in [2.05, 4.69) is 167 Å². The van der Waals surface area contributed by atoms with Gasteiger partial charge in [-0.3, -0.25) is 9.98 Å². The monoisotopic (exact) mass is 993 g/mol. The van der Waals surface area contributed by atoms with E-state index in [1.54, 1.807) is 0 Å². The van der Waals surface area contributed by atoms with Crippen LogP contribution < -0.4 is 0 Å². The van der Waals surface area contributed by atoms with Crippen molar-refractivity contribution >= 4 is 65.2 Å². The molecule has 2 atom stereocenters. The third-order valence-electron chi connectivity index (χ3n) is 13.1. The second-order valence-corrected chi connectivity index (χ2v) is 16.9. The Morgan fingerprint density at radius 3 is 1.13 bits per heavy atom. The van der Waals surface area contributed by atoms with Gasteiger partial charge in [0.1, 0.15) is 11.5 Å². The largest absolute Gasteiger partial charge is 0.577 e. The van der Waals surface area contributed by atoms with Crippen LogP contribution in [0.2, 0.25) is 0 Å². The molecule has 0 aromatic heterocycles. The Labute approximate surface area is 409 Å². The summed E-state index contributed by atoms with van der Waals surface area (Å²) in [5.74, 6) is 0.424. The minimum Gasteiger partial charge on any atom is -0.577 e. The number of fused-ring (bicyclic) bond motifs is 4. The Balaban J connectivity index is 0.00000141. The van der Waals surface area contributed by atoms with Gasteiger partial charge in [0.05, 0.1) is 12.1 Å². The number of rotatable bonds is 8. The molecule has 6 nitrogen and oxygen atoms in total. The molecule has 10 aromatic carbocycles. The predicted octanol–water partition coefficient (Wildman–Crippen LogP) is 16.2. The smallest absolute Gasteiger partial charge is 0.423 e. The maximum Gasteiger partial charge on any atom is -0.423 e. The van der Waals surface area contributed by atoms with E-state index in [9.17, 15) is 10.2 Å². The van der Waals surface area contributed by atoms with Crippen LogP contribution in [-0.4, -0.2) is 34.7 Å². The van der Waals surface area contributed by atoms with Crippen molar-refractivity contribution in [3.05, 3.63) is 216 Å². The van der Waals surface area contributed by atoms with Crippen LogP contribution in [0.25, 0.3) is 93.2 Å². The first-order valence-corrected chi connectivity index (χ1v) is 24.9. The van der Waals surface area contributed by atoms with Crippen LogP contribution in [0, 0.1) is 4.91 Å². The van der Waals surface area contributed by atoms with Crippen molar-refractivity contribution < 1.29 is 27.5 Å². The molecular formula is C60H46ClN3O3Ru. The summed E-state index contributed by atoms with van der Waals surface area (Å²) >= 11 is 1.82. The molecule has 0 amide bonds. The zero-order chi connectivity index (χ0) is 47.0. The van der Waals surface area contributed by atoms with Gasteiger partial charge in [0.25, 0.3) is 0 Å². The summed E-state index contributed by atoms with van der Waals surface area (Å²) in [4.78, 5) is 17.7. The topological polar surface area (TPSA) is 105 Å². The normalized spacial score (nSPS) is 14.8. The molecule has 334 valence electrons. The van der Waals surface area contributed by atoms with Crippen molar-refractivity contribution in [2.45, 2.75) is 37.8 Å². The molecule has 10 aromatic rings. The Kier molecular flexibility index (Phi) is 14.2. The third-order valence-corrected chi connectivity index (χ3v) is 13.1. The van der Waals surface area contributed by atoms with Crippen molar-refractivity contribution in [2.75, 3.05) is 0 Å². The molecule has 11 rings (SSSR count). The van der Waals surface area contributed by atoms with Gasteiger partial charge in [0.15, 0.2) is 0 Å². The molecule has 1 fully saturated rings. The Morgan fingerprint density at radius 2 is 0.750 bits per heavy atom. The number of hydrogen-bond donors (Lipinski definition) is 2. The quantitative estimate of drug-likeness (QED) is 0.117. The van der Waals surface area contributed by atoms with Crippen LogP contribution in [0.5, 0.6) is 11.5 Å². The first kappa shape index (κ1) is 45.8. The van der Waals surface area contributed by atoms with Gasteiger partial charge in [0, 0.05) is 45.8 Å². The predicted molar refractivity (Wildman–Crippen MR) is 282 cm³/mol. The standard InChI is InChI=1S/C60H46N2O2.ClH.NO.Ru/c63-59-45(35-43-23-9-13-27-49(43)57(59)55-47-25-11-7-21-41(47)31-33-51(55)39-17-3-1-4-18-39)37-61-53-29-15-16-30-54(53)62-38-46-36-44-24-10-14-28-50(44)58(60(46)64)56-48-26-12-8-22-42(48)32-34-52(56)40-19-5-2-6-20-40;;1-2;/h1-14,17-28,31-38,53-54,63-64H,15-16,29-30H2;1H;;/q;;-1;+2/p-1/t53-,54-;;;/m1.../s1. The van der Waals surface area contributed by atoms with Gasteiger partial charge in [-0.1, -0.05) is 195 Å². The molecule has 0 radical (unpaired) electrons. The first-order valence-electron chi connectivity index (χ1n) is 22.6. The summed E-state index contributed by atoms with van der Waals surface area (Å²) in [6.07, 6.45) is 7.60. The summed E-state index contributed by atoms with van der Waals surface area (Å²) in [5, 5.41) is 33.4. The molecule has 0 aliphatic heterocycles. The average molecular weight is 994 g/mol. The van der Waals surface area contributed by atoms with Gasteiger partial charge in [-0.2, -0.15) is 0 Å². The van der Waals surface area contributed by atoms with Crippen molar-refractivity contribution in [1.29, 1.82) is 0 Å². The Hall–Kier alpha value is -7.31. The number of aromatic hydroxyl groups is 2. The molecule has 0 unspecified atom stereocenters. The van der Waals surface area contributed by atoms with E-state index in [0.717, 1.165) is 113 Å². The second-order valence-electron chi connectivity index (χ2n) is 16.9. The van der Waals surface area contributed by atoms with Crippen molar-refractivity contribution in [2.24, 2.45) is 9.98 Å². The van der Waals surface area contributed by atoms with E-state index in [4.69, 9.17) is 20.5 Å². The molecule has 0 bridgehead atoms. The van der Waals surface area contributed by atoms with Gasteiger partial charge in [-0.15, -0.1) is 0 Å². The molecule has 1 saturated carbocycles. The fourth-order valence-corrected chi connectivity index (χ4v) is 10.0. The number of phenolic OH excluding ortho intramolecular Hbond substituents is 2. The van der Waals surface area contributed by atoms with E-state index in [1.807, 2.05) is 66.1 Å².